The van der Waals surface area contributed by atoms with Gasteiger partial charge in [-0.15, -0.1) is 12.4 Å². The van der Waals surface area contributed by atoms with E-state index in [0.29, 0.717) is 11.8 Å². The number of imidazole rings is 1. The smallest absolute Gasteiger partial charge is 0.0994 e. The Hall–Kier alpha value is -1.79. The van der Waals surface area contributed by atoms with Crippen molar-refractivity contribution in [2.24, 2.45) is 5.92 Å². The molecule has 0 spiro atoms. The van der Waals surface area contributed by atoms with E-state index >= 15 is 0 Å². The highest BCUT2D eigenvalue weighted by molar-refractivity contribution is 5.85. The molecule has 0 unspecified atom stereocenters. The molecule has 0 bridgehead atoms. The van der Waals surface area contributed by atoms with Crippen molar-refractivity contribution in [2.75, 3.05) is 0 Å². The quantitative estimate of drug-likeness (QED) is 0.845. The minimum absolute atomic E-state index is 0. The zero-order valence-corrected chi connectivity index (χ0v) is 13.4. The summed E-state index contributed by atoms with van der Waals surface area (Å²) in [5.74, 6) is 1.36. The standard InChI is InChI=1S/C18H19N3.ClH/c19-10-16-5-4-15-9-13(11-21-7-6-20-12-21)8-14-2-1-3-17(16)18(14)15;/h4-7,12-14H,1-3,8-9,11H2;1H/t13-,14+;/m0./s1. The first-order valence-electron chi connectivity index (χ1n) is 7.85. The molecule has 4 heteroatoms. The van der Waals surface area contributed by atoms with E-state index in [1.807, 2.05) is 18.6 Å². The average molecular weight is 314 g/mol. The molecule has 0 saturated heterocycles. The molecule has 1 heterocycles. The van der Waals surface area contributed by atoms with Crippen LogP contribution < -0.4 is 0 Å². The van der Waals surface area contributed by atoms with E-state index in [9.17, 15) is 5.26 Å². The molecule has 0 radical (unpaired) electrons. The van der Waals surface area contributed by atoms with Crippen molar-refractivity contribution in [1.82, 2.24) is 9.55 Å². The number of nitriles is 1. The van der Waals surface area contributed by atoms with Gasteiger partial charge in [-0.05, 0) is 66.7 Å². The van der Waals surface area contributed by atoms with Gasteiger partial charge >= 0.3 is 0 Å². The summed E-state index contributed by atoms with van der Waals surface area (Å²) in [5.41, 5.74) is 5.28. The van der Waals surface area contributed by atoms with Crippen molar-refractivity contribution in [3.63, 3.8) is 0 Å². The van der Waals surface area contributed by atoms with E-state index < -0.39 is 0 Å². The van der Waals surface area contributed by atoms with Crippen LogP contribution in [0, 0.1) is 17.2 Å². The molecular formula is C18H20ClN3. The largest absolute Gasteiger partial charge is 0.337 e. The monoisotopic (exact) mass is 313 g/mol. The lowest BCUT2D eigenvalue weighted by atomic mass is 9.69. The molecule has 0 saturated carbocycles. The van der Waals surface area contributed by atoms with Gasteiger partial charge in [0.1, 0.15) is 0 Å². The van der Waals surface area contributed by atoms with Gasteiger partial charge < -0.3 is 4.57 Å². The minimum Gasteiger partial charge on any atom is -0.337 e. The van der Waals surface area contributed by atoms with E-state index in [4.69, 9.17) is 0 Å². The first kappa shape index (κ1) is 15.1. The highest BCUT2D eigenvalue weighted by Crippen LogP contribution is 2.44. The van der Waals surface area contributed by atoms with Crippen LogP contribution in [0.5, 0.6) is 0 Å². The topological polar surface area (TPSA) is 41.6 Å². The molecular weight excluding hydrogens is 294 g/mol. The molecule has 2 aliphatic carbocycles. The summed E-state index contributed by atoms with van der Waals surface area (Å²) >= 11 is 0. The zero-order valence-electron chi connectivity index (χ0n) is 12.5. The Morgan fingerprint density at radius 3 is 3.05 bits per heavy atom. The van der Waals surface area contributed by atoms with E-state index in [-0.39, 0.29) is 12.4 Å². The minimum atomic E-state index is 0. The van der Waals surface area contributed by atoms with Gasteiger partial charge in [0.2, 0.25) is 0 Å². The molecule has 114 valence electrons. The lowest BCUT2D eigenvalue weighted by Crippen LogP contribution is -2.26. The van der Waals surface area contributed by atoms with E-state index in [2.05, 4.69) is 27.9 Å². The van der Waals surface area contributed by atoms with Gasteiger partial charge in [0.25, 0.3) is 0 Å². The van der Waals surface area contributed by atoms with Crippen molar-refractivity contribution in [2.45, 2.75) is 44.6 Å². The number of aromatic nitrogens is 2. The fourth-order valence-corrected chi connectivity index (χ4v) is 4.31. The zero-order chi connectivity index (χ0) is 14.2. The Labute approximate surface area is 137 Å². The third-order valence-electron chi connectivity index (χ3n) is 5.11. The van der Waals surface area contributed by atoms with Crippen molar-refractivity contribution >= 4 is 12.4 Å². The van der Waals surface area contributed by atoms with Crippen LogP contribution in [-0.4, -0.2) is 9.55 Å². The van der Waals surface area contributed by atoms with Gasteiger partial charge in [-0.25, -0.2) is 4.98 Å². The SMILES string of the molecule is Cl.N#Cc1ccc2c3c1CCC[C@@H]3C[C@H](Cn1ccnc1)C2. The molecule has 2 aliphatic rings. The van der Waals surface area contributed by atoms with Crippen LogP contribution in [0.25, 0.3) is 0 Å². The second-order valence-corrected chi connectivity index (χ2v) is 6.43. The molecule has 2 atom stereocenters. The number of hydrogen-bond donors (Lipinski definition) is 0. The third kappa shape index (κ3) is 2.53. The van der Waals surface area contributed by atoms with Gasteiger partial charge in [0, 0.05) is 18.9 Å². The Balaban J connectivity index is 0.00000144. The Morgan fingerprint density at radius 2 is 2.27 bits per heavy atom. The number of hydrogen-bond acceptors (Lipinski definition) is 2. The lowest BCUT2D eigenvalue weighted by Gasteiger charge is -2.36. The van der Waals surface area contributed by atoms with Crippen LogP contribution in [0.1, 0.15) is 47.4 Å². The van der Waals surface area contributed by atoms with E-state index in [0.717, 1.165) is 24.9 Å². The van der Waals surface area contributed by atoms with Gasteiger partial charge in [-0.2, -0.15) is 5.26 Å². The van der Waals surface area contributed by atoms with Gasteiger partial charge in [0.05, 0.1) is 18.0 Å². The number of benzene rings is 1. The molecule has 1 aromatic carbocycles. The molecule has 22 heavy (non-hydrogen) atoms. The summed E-state index contributed by atoms with van der Waals surface area (Å²) in [4.78, 5) is 4.15. The average Bonchev–Trinajstić information content (AvgIpc) is 3.01. The molecule has 0 aliphatic heterocycles. The molecule has 1 aromatic heterocycles. The summed E-state index contributed by atoms with van der Waals surface area (Å²) in [6.45, 7) is 1.06. The molecule has 4 rings (SSSR count). The first-order chi connectivity index (χ1) is 10.3. The van der Waals surface area contributed by atoms with Gasteiger partial charge in [-0.1, -0.05) is 6.07 Å². The molecule has 0 amide bonds. The number of nitrogens with zero attached hydrogens (tertiary/aromatic N) is 3. The Morgan fingerprint density at radius 1 is 1.36 bits per heavy atom. The molecule has 2 aromatic rings. The summed E-state index contributed by atoms with van der Waals surface area (Å²) in [6.07, 6.45) is 11.8. The maximum Gasteiger partial charge on any atom is 0.0994 e. The van der Waals surface area contributed by atoms with E-state index in [1.165, 1.54) is 36.0 Å². The van der Waals surface area contributed by atoms with Crippen LogP contribution in [0.4, 0.5) is 0 Å². The Bertz CT molecular complexity index is 700. The Kier molecular flexibility index (Phi) is 4.22. The number of halogens is 1. The highest BCUT2D eigenvalue weighted by Gasteiger charge is 2.32. The van der Waals surface area contributed by atoms with E-state index in [1.54, 1.807) is 0 Å². The van der Waals surface area contributed by atoms with Crippen molar-refractivity contribution < 1.29 is 0 Å². The molecule has 3 nitrogen and oxygen atoms in total. The van der Waals surface area contributed by atoms with Crippen LogP contribution in [0.2, 0.25) is 0 Å². The first-order valence-corrected chi connectivity index (χ1v) is 7.85. The summed E-state index contributed by atoms with van der Waals surface area (Å²) < 4.78 is 2.20. The second-order valence-electron chi connectivity index (χ2n) is 6.43. The maximum atomic E-state index is 9.32. The lowest BCUT2D eigenvalue weighted by molar-refractivity contribution is 0.334. The maximum absolute atomic E-state index is 9.32. The van der Waals surface area contributed by atoms with Crippen LogP contribution >= 0.6 is 12.4 Å². The normalized spacial score (nSPS) is 22.3. The second kappa shape index (κ2) is 6.14. The highest BCUT2D eigenvalue weighted by atomic mass is 35.5. The van der Waals surface area contributed by atoms with Gasteiger partial charge in [-0.3, -0.25) is 0 Å². The summed E-state index contributed by atoms with van der Waals surface area (Å²) in [5, 5.41) is 9.32. The van der Waals surface area contributed by atoms with Crippen LogP contribution in [0.3, 0.4) is 0 Å². The molecule has 0 fully saturated rings. The third-order valence-corrected chi connectivity index (χ3v) is 5.11. The van der Waals surface area contributed by atoms with Crippen LogP contribution in [-0.2, 0) is 19.4 Å². The fourth-order valence-electron chi connectivity index (χ4n) is 4.31. The van der Waals surface area contributed by atoms with Crippen molar-refractivity contribution in [3.8, 4) is 6.07 Å². The van der Waals surface area contributed by atoms with Crippen LogP contribution in [0.15, 0.2) is 30.9 Å². The summed E-state index contributed by atoms with van der Waals surface area (Å²) in [6, 6.07) is 6.63. The van der Waals surface area contributed by atoms with Crippen molar-refractivity contribution in [1.29, 1.82) is 5.26 Å². The fraction of sp³-hybridized carbons (Fsp3) is 0.444. The molecule has 0 N–H and O–H groups in total. The predicted molar refractivity (Wildman–Crippen MR) is 88.1 cm³/mol. The number of rotatable bonds is 2. The summed E-state index contributed by atoms with van der Waals surface area (Å²) in [7, 11) is 0. The predicted octanol–water partition coefficient (Wildman–Crippen LogP) is 3.86. The van der Waals surface area contributed by atoms with Gasteiger partial charge in [0.15, 0.2) is 0 Å². The van der Waals surface area contributed by atoms with Crippen molar-refractivity contribution in [3.05, 3.63) is 53.1 Å².